The van der Waals surface area contributed by atoms with Gasteiger partial charge in [0.05, 0.1) is 11.4 Å². The average molecular weight is 441 g/mol. The number of amides is 1. The number of carbonyl (C=O) groups is 1. The lowest BCUT2D eigenvalue weighted by Crippen LogP contribution is -2.22. The third-order valence-corrected chi connectivity index (χ3v) is 6.21. The molecule has 0 atom stereocenters. The smallest absolute Gasteiger partial charge is 0.230 e. The van der Waals surface area contributed by atoms with E-state index < -0.39 is 0 Å². The predicted octanol–water partition coefficient (Wildman–Crippen LogP) is 5.96. The zero-order valence-corrected chi connectivity index (χ0v) is 17.9. The molecule has 0 fully saturated rings. The van der Waals surface area contributed by atoms with Crippen LogP contribution in [0.25, 0.3) is 5.69 Å². The highest BCUT2D eigenvalue weighted by Gasteiger charge is 2.18. The fourth-order valence-corrected chi connectivity index (χ4v) is 4.87. The topological polar surface area (TPSA) is 51.0 Å². The van der Waals surface area contributed by atoms with Crippen LogP contribution in [-0.4, -0.2) is 20.4 Å². The molecule has 2 aromatic heterocycles. The molecule has 2 aromatic carbocycles. The summed E-state index contributed by atoms with van der Waals surface area (Å²) < 4.78 is 2.00. The van der Waals surface area contributed by atoms with Gasteiger partial charge < -0.3 is 0 Å². The lowest BCUT2D eigenvalue weighted by Gasteiger charge is -2.17. The highest BCUT2D eigenvalue weighted by atomic mass is 35.5. The first-order valence-corrected chi connectivity index (χ1v) is 11.1. The third-order valence-electron chi connectivity index (χ3n) is 4.10. The van der Waals surface area contributed by atoms with Crippen molar-refractivity contribution in [1.29, 1.82) is 0 Å². The van der Waals surface area contributed by atoms with Crippen LogP contribution in [0.4, 0.5) is 10.8 Å². The number of imidazole rings is 1. The van der Waals surface area contributed by atoms with Gasteiger partial charge in [0.25, 0.3) is 0 Å². The average Bonchev–Trinajstić information content (AvgIpc) is 3.36. The van der Waals surface area contributed by atoms with Gasteiger partial charge in [0.2, 0.25) is 5.91 Å². The molecule has 0 saturated carbocycles. The number of thioether (sulfide) groups is 1. The Kier molecular flexibility index (Phi) is 5.99. The first-order valence-electron chi connectivity index (χ1n) is 8.84. The van der Waals surface area contributed by atoms with Crippen LogP contribution in [0.2, 0.25) is 5.02 Å². The van der Waals surface area contributed by atoms with Crippen LogP contribution in [0.3, 0.4) is 0 Å². The van der Waals surface area contributed by atoms with Crippen molar-refractivity contribution in [2.24, 2.45) is 0 Å². The Balaban J connectivity index is 1.51. The fourth-order valence-electron chi connectivity index (χ4n) is 2.83. The first kappa shape index (κ1) is 19.7. The minimum absolute atomic E-state index is 0.0683. The van der Waals surface area contributed by atoms with Gasteiger partial charge in [-0.25, -0.2) is 9.97 Å². The summed E-state index contributed by atoms with van der Waals surface area (Å²) in [6.07, 6.45) is 3.68. The summed E-state index contributed by atoms with van der Waals surface area (Å²) in [6, 6.07) is 17.2. The van der Waals surface area contributed by atoms with E-state index in [1.54, 1.807) is 29.8 Å². The Labute approximate surface area is 182 Å². The van der Waals surface area contributed by atoms with Gasteiger partial charge in [-0.15, -0.1) is 11.3 Å². The van der Waals surface area contributed by atoms with E-state index in [-0.39, 0.29) is 5.91 Å². The van der Waals surface area contributed by atoms with Crippen molar-refractivity contribution in [2.75, 3.05) is 4.90 Å². The molecule has 0 saturated heterocycles. The van der Waals surface area contributed by atoms with E-state index in [1.165, 1.54) is 11.3 Å². The molecule has 2 heterocycles. The van der Waals surface area contributed by atoms with Crippen molar-refractivity contribution in [1.82, 2.24) is 14.5 Å². The highest BCUT2D eigenvalue weighted by Crippen LogP contribution is 2.31. The summed E-state index contributed by atoms with van der Waals surface area (Å²) in [7, 11) is 0. The van der Waals surface area contributed by atoms with Crippen molar-refractivity contribution >= 4 is 51.4 Å². The lowest BCUT2D eigenvalue weighted by atomic mass is 10.3. The molecule has 0 spiro atoms. The number of rotatable bonds is 6. The molecule has 0 aliphatic heterocycles. The number of hydrogen-bond acceptors (Lipinski definition) is 5. The molecule has 0 aliphatic carbocycles. The third kappa shape index (κ3) is 4.53. The number of nitrogens with zero attached hydrogens (tertiary/aromatic N) is 4. The molecular weight excluding hydrogens is 424 g/mol. The molecule has 0 radical (unpaired) electrons. The molecule has 4 aromatic rings. The van der Waals surface area contributed by atoms with Gasteiger partial charge >= 0.3 is 0 Å². The maximum atomic E-state index is 12.2. The van der Waals surface area contributed by atoms with Gasteiger partial charge in [0, 0.05) is 41.2 Å². The molecule has 5 nitrogen and oxygen atoms in total. The summed E-state index contributed by atoms with van der Waals surface area (Å²) >= 11 is 9.16. The molecule has 0 aliphatic rings. The fraction of sp³-hybridized carbons (Fsp3) is 0.0952. The van der Waals surface area contributed by atoms with Crippen LogP contribution in [-0.2, 0) is 10.5 Å². The normalized spacial score (nSPS) is 10.8. The van der Waals surface area contributed by atoms with Gasteiger partial charge in [-0.1, -0.05) is 47.6 Å². The second kappa shape index (κ2) is 8.82. The Morgan fingerprint density at radius 2 is 2.03 bits per heavy atom. The second-order valence-electron chi connectivity index (χ2n) is 6.16. The van der Waals surface area contributed by atoms with Crippen LogP contribution in [0.1, 0.15) is 12.6 Å². The largest absolute Gasteiger partial charge is 0.295 e. The van der Waals surface area contributed by atoms with Crippen LogP contribution in [0.15, 0.2) is 77.5 Å². The van der Waals surface area contributed by atoms with E-state index in [2.05, 4.69) is 9.97 Å². The van der Waals surface area contributed by atoms with E-state index in [0.29, 0.717) is 15.9 Å². The van der Waals surface area contributed by atoms with Crippen molar-refractivity contribution in [3.05, 3.63) is 83.1 Å². The van der Waals surface area contributed by atoms with Crippen LogP contribution in [0, 0.1) is 0 Å². The van der Waals surface area contributed by atoms with Gasteiger partial charge in [0.15, 0.2) is 10.3 Å². The molecule has 8 heteroatoms. The highest BCUT2D eigenvalue weighted by molar-refractivity contribution is 7.98. The van der Waals surface area contributed by atoms with Crippen molar-refractivity contribution in [2.45, 2.75) is 17.8 Å². The van der Waals surface area contributed by atoms with Gasteiger partial charge in [0.1, 0.15) is 0 Å². The van der Waals surface area contributed by atoms with E-state index in [4.69, 9.17) is 11.6 Å². The summed E-state index contributed by atoms with van der Waals surface area (Å²) in [6.45, 7) is 1.55. The number of para-hydroxylation sites is 1. The predicted molar refractivity (Wildman–Crippen MR) is 120 cm³/mol. The molecule has 29 heavy (non-hydrogen) atoms. The monoisotopic (exact) mass is 440 g/mol. The quantitative estimate of drug-likeness (QED) is 0.347. The lowest BCUT2D eigenvalue weighted by molar-refractivity contribution is -0.115. The molecule has 0 bridgehead atoms. The maximum absolute atomic E-state index is 12.2. The maximum Gasteiger partial charge on any atom is 0.230 e. The minimum atomic E-state index is -0.0683. The van der Waals surface area contributed by atoms with E-state index in [0.717, 1.165) is 22.2 Å². The number of thiazole rings is 1. The van der Waals surface area contributed by atoms with Crippen molar-refractivity contribution in [3.8, 4) is 5.69 Å². The summed E-state index contributed by atoms with van der Waals surface area (Å²) in [5.41, 5.74) is 2.67. The SMILES string of the molecule is CC(=O)N(c1ccccc1)c1nc(CSc2nccn2-c2cccc(Cl)c2)cs1. The van der Waals surface area contributed by atoms with Gasteiger partial charge in [-0.3, -0.25) is 14.3 Å². The van der Waals surface area contributed by atoms with Crippen LogP contribution in [0.5, 0.6) is 0 Å². The number of benzene rings is 2. The standard InChI is InChI=1S/C21H17ClN4OS2/c1-15(27)26(18-7-3-2-4-8-18)21-24-17(14-29-21)13-28-20-23-10-11-25(20)19-9-5-6-16(22)12-19/h2-12,14H,13H2,1H3. The van der Waals surface area contributed by atoms with E-state index >= 15 is 0 Å². The van der Waals surface area contributed by atoms with Crippen LogP contribution < -0.4 is 4.90 Å². The summed E-state index contributed by atoms with van der Waals surface area (Å²) in [5.74, 6) is 0.579. The molecule has 1 amide bonds. The van der Waals surface area contributed by atoms with E-state index in [9.17, 15) is 4.79 Å². The molecule has 0 unspecified atom stereocenters. The number of carbonyl (C=O) groups excluding carboxylic acids is 1. The van der Waals surface area contributed by atoms with E-state index in [1.807, 2.05) is 70.7 Å². The van der Waals surface area contributed by atoms with Crippen molar-refractivity contribution in [3.63, 3.8) is 0 Å². The molecule has 146 valence electrons. The Morgan fingerprint density at radius 3 is 2.79 bits per heavy atom. The number of aromatic nitrogens is 3. The van der Waals surface area contributed by atoms with Gasteiger partial charge in [-0.2, -0.15) is 0 Å². The zero-order valence-electron chi connectivity index (χ0n) is 15.5. The number of hydrogen-bond donors (Lipinski definition) is 0. The van der Waals surface area contributed by atoms with Gasteiger partial charge in [-0.05, 0) is 30.3 Å². The Bertz CT molecular complexity index is 1130. The molecule has 4 rings (SSSR count). The second-order valence-corrected chi connectivity index (χ2v) is 8.38. The first-order chi connectivity index (χ1) is 14.1. The Morgan fingerprint density at radius 1 is 1.21 bits per heavy atom. The zero-order chi connectivity index (χ0) is 20.2. The summed E-state index contributed by atoms with van der Waals surface area (Å²) in [4.78, 5) is 22.9. The summed E-state index contributed by atoms with van der Waals surface area (Å²) in [5, 5.41) is 4.18. The van der Waals surface area contributed by atoms with Crippen molar-refractivity contribution < 1.29 is 4.79 Å². The Hall–Kier alpha value is -2.61. The number of anilines is 2. The number of halogens is 1. The molecular formula is C21H17ClN4OS2. The molecule has 0 N–H and O–H groups in total. The minimum Gasteiger partial charge on any atom is -0.295 e. The van der Waals surface area contributed by atoms with Crippen LogP contribution >= 0.6 is 34.7 Å².